The van der Waals surface area contributed by atoms with Crippen LogP contribution in [0, 0.1) is 0 Å². The molecule has 0 spiro atoms. The Morgan fingerprint density at radius 1 is 1.24 bits per heavy atom. The Morgan fingerprint density at radius 2 is 2.00 bits per heavy atom. The van der Waals surface area contributed by atoms with Crippen LogP contribution in [0.3, 0.4) is 0 Å². The van der Waals surface area contributed by atoms with Crippen LogP contribution in [-0.4, -0.2) is 39.0 Å². The van der Waals surface area contributed by atoms with Crippen LogP contribution in [0.4, 0.5) is 0 Å². The standard InChI is InChI=1S/C18H20ClNO4S/c1-2-23-16-6-8-17(9-7-16)25(21,22)20-10-11-24-18(13-20)14-4-3-5-15(19)12-14/h3-9,12,18H,2,10-11,13H2,1H3. The average Bonchev–Trinajstić information content (AvgIpc) is 2.63. The number of rotatable bonds is 5. The second-order valence-corrected chi connectivity index (χ2v) is 8.06. The molecule has 0 radical (unpaired) electrons. The van der Waals surface area contributed by atoms with Gasteiger partial charge in [-0.15, -0.1) is 0 Å². The highest BCUT2D eigenvalue weighted by Gasteiger charge is 2.31. The molecule has 1 atom stereocenters. The average molecular weight is 382 g/mol. The smallest absolute Gasteiger partial charge is 0.243 e. The SMILES string of the molecule is CCOc1ccc(S(=O)(=O)N2CCOC(c3cccc(Cl)c3)C2)cc1. The molecule has 7 heteroatoms. The molecule has 0 aliphatic carbocycles. The summed E-state index contributed by atoms with van der Waals surface area (Å²) in [6, 6.07) is 13.8. The molecule has 2 aromatic rings. The minimum atomic E-state index is -3.58. The molecule has 0 aromatic heterocycles. The topological polar surface area (TPSA) is 55.8 Å². The molecule has 0 saturated carbocycles. The van der Waals surface area contributed by atoms with Crippen LogP contribution < -0.4 is 4.74 Å². The molecule has 2 aromatic carbocycles. The predicted octanol–water partition coefficient (Wildman–Crippen LogP) is 3.50. The molecular weight excluding hydrogens is 362 g/mol. The molecule has 1 aliphatic heterocycles. The highest BCUT2D eigenvalue weighted by Crippen LogP contribution is 2.28. The molecule has 1 heterocycles. The van der Waals surface area contributed by atoms with E-state index in [4.69, 9.17) is 21.1 Å². The fraction of sp³-hybridized carbons (Fsp3) is 0.333. The summed E-state index contributed by atoms with van der Waals surface area (Å²) in [5, 5.41) is 0.604. The highest BCUT2D eigenvalue weighted by molar-refractivity contribution is 7.89. The Morgan fingerprint density at radius 3 is 2.68 bits per heavy atom. The second-order valence-electron chi connectivity index (χ2n) is 5.68. The van der Waals surface area contributed by atoms with Gasteiger partial charge >= 0.3 is 0 Å². The van der Waals surface area contributed by atoms with Gasteiger partial charge in [0.2, 0.25) is 10.0 Å². The fourth-order valence-electron chi connectivity index (χ4n) is 2.78. The van der Waals surface area contributed by atoms with Crippen LogP contribution in [0.5, 0.6) is 5.75 Å². The summed E-state index contributed by atoms with van der Waals surface area (Å²) in [6.45, 7) is 3.35. The van der Waals surface area contributed by atoms with E-state index >= 15 is 0 Å². The number of benzene rings is 2. The maximum atomic E-state index is 12.9. The van der Waals surface area contributed by atoms with Gasteiger partial charge in [-0.25, -0.2) is 8.42 Å². The molecule has 1 unspecified atom stereocenters. The van der Waals surface area contributed by atoms with E-state index in [1.54, 1.807) is 36.4 Å². The summed E-state index contributed by atoms with van der Waals surface area (Å²) in [4.78, 5) is 0.252. The molecule has 0 N–H and O–H groups in total. The van der Waals surface area contributed by atoms with Crippen molar-refractivity contribution >= 4 is 21.6 Å². The van der Waals surface area contributed by atoms with Crippen molar-refractivity contribution in [1.82, 2.24) is 4.31 Å². The molecule has 25 heavy (non-hydrogen) atoms. The Hall–Kier alpha value is -1.60. The van der Waals surface area contributed by atoms with Crippen molar-refractivity contribution in [3.8, 4) is 5.75 Å². The zero-order chi connectivity index (χ0) is 17.9. The molecule has 0 amide bonds. The zero-order valence-electron chi connectivity index (χ0n) is 13.9. The number of halogens is 1. The van der Waals surface area contributed by atoms with E-state index in [0.717, 1.165) is 5.56 Å². The van der Waals surface area contributed by atoms with E-state index in [2.05, 4.69) is 0 Å². The van der Waals surface area contributed by atoms with Crippen molar-refractivity contribution < 1.29 is 17.9 Å². The first-order valence-electron chi connectivity index (χ1n) is 8.11. The Labute approximate surface area is 153 Å². The lowest BCUT2D eigenvalue weighted by Crippen LogP contribution is -2.42. The van der Waals surface area contributed by atoms with Crippen LogP contribution in [-0.2, 0) is 14.8 Å². The third-order valence-electron chi connectivity index (χ3n) is 4.02. The summed E-state index contributed by atoms with van der Waals surface area (Å²) in [5.41, 5.74) is 0.874. The Bertz CT molecular complexity index is 823. The zero-order valence-corrected chi connectivity index (χ0v) is 15.5. The van der Waals surface area contributed by atoms with Crippen molar-refractivity contribution in [3.05, 3.63) is 59.1 Å². The van der Waals surface area contributed by atoms with Crippen LogP contribution in [0.2, 0.25) is 5.02 Å². The molecular formula is C18H20ClNO4S. The summed E-state index contributed by atoms with van der Waals surface area (Å²) in [6.07, 6.45) is -0.329. The number of ether oxygens (including phenoxy) is 2. The molecule has 134 valence electrons. The van der Waals surface area contributed by atoms with Gasteiger partial charge in [0.15, 0.2) is 0 Å². The van der Waals surface area contributed by atoms with Gasteiger partial charge in [0.1, 0.15) is 5.75 Å². The normalized spacial score (nSPS) is 18.9. The summed E-state index contributed by atoms with van der Waals surface area (Å²) in [5.74, 6) is 0.653. The summed E-state index contributed by atoms with van der Waals surface area (Å²) >= 11 is 6.03. The van der Waals surface area contributed by atoms with E-state index < -0.39 is 10.0 Å². The van der Waals surface area contributed by atoms with Crippen LogP contribution in [0.15, 0.2) is 53.4 Å². The Balaban J connectivity index is 1.79. The van der Waals surface area contributed by atoms with Crippen LogP contribution in [0.25, 0.3) is 0 Å². The lowest BCUT2D eigenvalue weighted by Gasteiger charge is -2.32. The highest BCUT2D eigenvalue weighted by atomic mass is 35.5. The van der Waals surface area contributed by atoms with Crippen molar-refractivity contribution in [1.29, 1.82) is 0 Å². The number of morpholine rings is 1. The van der Waals surface area contributed by atoms with E-state index in [1.165, 1.54) is 4.31 Å². The maximum Gasteiger partial charge on any atom is 0.243 e. The molecule has 3 rings (SSSR count). The number of hydrogen-bond donors (Lipinski definition) is 0. The van der Waals surface area contributed by atoms with Gasteiger partial charge in [-0.2, -0.15) is 4.31 Å². The maximum absolute atomic E-state index is 12.9. The fourth-order valence-corrected chi connectivity index (χ4v) is 4.40. The monoisotopic (exact) mass is 381 g/mol. The van der Waals surface area contributed by atoms with E-state index in [1.807, 2.05) is 19.1 Å². The van der Waals surface area contributed by atoms with Crippen LogP contribution in [0.1, 0.15) is 18.6 Å². The van der Waals surface area contributed by atoms with Crippen LogP contribution >= 0.6 is 11.6 Å². The van der Waals surface area contributed by atoms with E-state index in [-0.39, 0.29) is 17.5 Å². The molecule has 1 saturated heterocycles. The summed E-state index contributed by atoms with van der Waals surface area (Å²) < 4.78 is 38.4. The number of hydrogen-bond acceptors (Lipinski definition) is 4. The van der Waals surface area contributed by atoms with Gasteiger partial charge in [0, 0.05) is 18.1 Å². The van der Waals surface area contributed by atoms with E-state index in [9.17, 15) is 8.42 Å². The van der Waals surface area contributed by atoms with Crippen molar-refractivity contribution in [2.24, 2.45) is 0 Å². The minimum Gasteiger partial charge on any atom is -0.494 e. The first kappa shape index (κ1) is 18.2. The lowest BCUT2D eigenvalue weighted by molar-refractivity contribution is -0.00255. The first-order valence-corrected chi connectivity index (χ1v) is 9.92. The quantitative estimate of drug-likeness (QED) is 0.795. The van der Waals surface area contributed by atoms with Gasteiger partial charge in [-0.1, -0.05) is 23.7 Å². The number of nitrogens with zero attached hydrogens (tertiary/aromatic N) is 1. The van der Waals surface area contributed by atoms with Crippen molar-refractivity contribution in [2.45, 2.75) is 17.9 Å². The van der Waals surface area contributed by atoms with Gasteiger partial charge in [0.25, 0.3) is 0 Å². The van der Waals surface area contributed by atoms with Gasteiger partial charge in [0.05, 0.1) is 24.2 Å². The predicted molar refractivity (Wildman–Crippen MR) is 96.5 cm³/mol. The van der Waals surface area contributed by atoms with Gasteiger partial charge < -0.3 is 9.47 Å². The minimum absolute atomic E-state index is 0.252. The summed E-state index contributed by atoms with van der Waals surface area (Å²) in [7, 11) is -3.58. The van der Waals surface area contributed by atoms with Crippen molar-refractivity contribution in [2.75, 3.05) is 26.3 Å². The molecule has 1 fully saturated rings. The first-order chi connectivity index (χ1) is 12.0. The van der Waals surface area contributed by atoms with E-state index in [0.29, 0.717) is 30.5 Å². The second kappa shape index (κ2) is 7.74. The van der Waals surface area contributed by atoms with Crippen molar-refractivity contribution in [3.63, 3.8) is 0 Å². The molecule has 1 aliphatic rings. The van der Waals surface area contributed by atoms with Gasteiger partial charge in [-0.3, -0.25) is 0 Å². The van der Waals surface area contributed by atoms with Gasteiger partial charge in [-0.05, 0) is 48.9 Å². The third-order valence-corrected chi connectivity index (χ3v) is 6.14. The Kier molecular flexibility index (Phi) is 5.64. The number of sulfonamides is 1. The lowest BCUT2D eigenvalue weighted by atomic mass is 10.1. The largest absolute Gasteiger partial charge is 0.494 e. The molecule has 0 bridgehead atoms. The third kappa shape index (κ3) is 4.15. The molecule has 5 nitrogen and oxygen atoms in total.